The lowest BCUT2D eigenvalue weighted by molar-refractivity contribution is 1.54. The van der Waals surface area contributed by atoms with Crippen LogP contribution in [0.25, 0.3) is 44.2 Å². The second-order valence-electron chi connectivity index (χ2n) is 8.95. The first kappa shape index (κ1) is 21.7. The Bertz CT molecular complexity index is 1640. The fourth-order valence-corrected chi connectivity index (χ4v) is 4.81. The van der Waals surface area contributed by atoms with E-state index in [2.05, 4.69) is 133 Å². The molecule has 2 nitrogen and oxygen atoms in total. The highest BCUT2D eigenvalue weighted by atomic mass is 14.9. The van der Waals surface area contributed by atoms with Crippen molar-refractivity contribution in [2.24, 2.45) is 0 Å². The van der Waals surface area contributed by atoms with Crippen LogP contribution >= 0.6 is 0 Å². The van der Waals surface area contributed by atoms with Crippen molar-refractivity contribution in [1.29, 1.82) is 0 Å². The molecule has 0 aromatic heterocycles. The molecule has 0 atom stereocenters. The molecule has 0 saturated carbocycles. The normalized spacial score (nSPS) is 10.9. The second-order valence-corrected chi connectivity index (χ2v) is 8.95. The van der Waals surface area contributed by atoms with Crippen molar-refractivity contribution >= 4 is 27.8 Å². The lowest BCUT2D eigenvalue weighted by Crippen LogP contribution is -1.95. The third-order valence-corrected chi connectivity index (χ3v) is 6.61. The van der Waals surface area contributed by atoms with Crippen molar-refractivity contribution < 1.29 is 0 Å². The Kier molecular flexibility index (Phi) is 5.69. The van der Waals surface area contributed by atoms with E-state index in [1.807, 2.05) is 12.1 Å². The molecular weight excluding hydrogens is 436 g/mol. The molecule has 36 heavy (non-hydrogen) atoms. The molecule has 3 N–H and O–H groups in total. The molecule has 0 heterocycles. The summed E-state index contributed by atoms with van der Waals surface area (Å²) in [5.41, 5.74) is 16.1. The van der Waals surface area contributed by atoms with Gasteiger partial charge in [0, 0.05) is 22.3 Å². The average Bonchev–Trinajstić information content (AvgIpc) is 2.94. The Morgan fingerprint density at radius 2 is 1.03 bits per heavy atom. The van der Waals surface area contributed by atoms with Crippen molar-refractivity contribution in [2.45, 2.75) is 0 Å². The molecule has 172 valence electrons. The predicted molar refractivity (Wildman–Crippen MR) is 154 cm³/mol. The standard InChI is InChI=1S/C34H26N2/c35-28-18-22-30(24-9-3-1-4-10-24)33(23-28)27-15-19-29(20-16-27)36-34-31-14-8-7-13-26(31)17-21-32(34)25-11-5-2-6-12-25/h1-23,36H,35H2. The average molecular weight is 463 g/mol. The smallest absolute Gasteiger partial charge is 0.0543 e. The molecule has 2 heteroatoms. The Morgan fingerprint density at radius 3 is 1.75 bits per heavy atom. The van der Waals surface area contributed by atoms with E-state index < -0.39 is 0 Å². The summed E-state index contributed by atoms with van der Waals surface area (Å²) in [5, 5.41) is 6.14. The van der Waals surface area contributed by atoms with Crippen molar-refractivity contribution in [3.05, 3.63) is 140 Å². The van der Waals surface area contributed by atoms with Crippen LogP contribution in [0.2, 0.25) is 0 Å². The topological polar surface area (TPSA) is 38.0 Å². The maximum Gasteiger partial charge on any atom is 0.0543 e. The van der Waals surface area contributed by atoms with Gasteiger partial charge < -0.3 is 11.1 Å². The number of nitrogen functional groups attached to an aromatic ring is 1. The minimum atomic E-state index is 0.759. The van der Waals surface area contributed by atoms with Crippen molar-refractivity contribution in [3.63, 3.8) is 0 Å². The molecule has 0 saturated heterocycles. The molecule has 0 radical (unpaired) electrons. The number of rotatable bonds is 5. The molecule has 0 aliphatic rings. The molecule has 6 aromatic carbocycles. The van der Waals surface area contributed by atoms with Crippen LogP contribution in [0.4, 0.5) is 17.1 Å². The number of hydrogen-bond donors (Lipinski definition) is 2. The van der Waals surface area contributed by atoms with E-state index in [0.29, 0.717) is 0 Å². The van der Waals surface area contributed by atoms with Crippen LogP contribution in [0.15, 0.2) is 140 Å². The summed E-state index contributed by atoms with van der Waals surface area (Å²) in [6.07, 6.45) is 0. The van der Waals surface area contributed by atoms with Gasteiger partial charge in [0.15, 0.2) is 0 Å². The van der Waals surface area contributed by atoms with Gasteiger partial charge in [-0.3, -0.25) is 0 Å². The van der Waals surface area contributed by atoms with Crippen LogP contribution in [0, 0.1) is 0 Å². The van der Waals surface area contributed by atoms with Crippen LogP contribution < -0.4 is 11.1 Å². The van der Waals surface area contributed by atoms with Crippen LogP contribution in [0.5, 0.6) is 0 Å². The zero-order valence-corrected chi connectivity index (χ0v) is 19.9. The summed E-state index contributed by atoms with van der Waals surface area (Å²) in [6.45, 7) is 0. The number of nitrogens with two attached hydrogens (primary N) is 1. The van der Waals surface area contributed by atoms with Gasteiger partial charge in [-0.2, -0.15) is 0 Å². The van der Waals surface area contributed by atoms with Gasteiger partial charge in [0.25, 0.3) is 0 Å². The first-order valence-electron chi connectivity index (χ1n) is 12.2. The minimum absolute atomic E-state index is 0.759. The number of hydrogen-bond acceptors (Lipinski definition) is 2. The highest BCUT2D eigenvalue weighted by Gasteiger charge is 2.12. The maximum absolute atomic E-state index is 6.19. The third kappa shape index (κ3) is 4.21. The fourth-order valence-electron chi connectivity index (χ4n) is 4.81. The zero-order valence-electron chi connectivity index (χ0n) is 19.9. The van der Waals surface area contributed by atoms with Gasteiger partial charge in [0.1, 0.15) is 0 Å². The lowest BCUT2D eigenvalue weighted by Gasteiger charge is -2.17. The van der Waals surface area contributed by atoms with E-state index in [1.54, 1.807) is 0 Å². The zero-order chi connectivity index (χ0) is 24.3. The summed E-state index contributed by atoms with van der Waals surface area (Å²) in [7, 11) is 0. The molecule has 0 amide bonds. The highest BCUT2D eigenvalue weighted by molar-refractivity contribution is 6.03. The Hall–Kier alpha value is -4.82. The van der Waals surface area contributed by atoms with Crippen LogP contribution in [-0.4, -0.2) is 0 Å². The molecule has 0 bridgehead atoms. The number of nitrogens with one attached hydrogen (secondary N) is 1. The van der Waals surface area contributed by atoms with Crippen LogP contribution in [0.1, 0.15) is 0 Å². The quantitative estimate of drug-likeness (QED) is 0.251. The molecule has 0 unspecified atom stereocenters. The van der Waals surface area contributed by atoms with Gasteiger partial charge in [-0.25, -0.2) is 0 Å². The van der Waals surface area contributed by atoms with E-state index in [0.717, 1.165) is 28.2 Å². The summed E-state index contributed by atoms with van der Waals surface area (Å²) in [5.74, 6) is 0. The monoisotopic (exact) mass is 462 g/mol. The largest absolute Gasteiger partial charge is 0.399 e. The van der Waals surface area contributed by atoms with Gasteiger partial charge in [-0.1, -0.05) is 115 Å². The van der Waals surface area contributed by atoms with Gasteiger partial charge in [-0.15, -0.1) is 0 Å². The first-order chi connectivity index (χ1) is 17.8. The SMILES string of the molecule is Nc1ccc(-c2ccccc2)c(-c2ccc(Nc3c(-c4ccccc4)ccc4ccccc34)cc2)c1. The van der Waals surface area contributed by atoms with Gasteiger partial charge in [0.2, 0.25) is 0 Å². The van der Waals surface area contributed by atoms with Crippen molar-refractivity contribution in [2.75, 3.05) is 11.1 Å². The van der Waals surface area contributed by atoms with Crippen molar-refractivity contribution in [1.82, 2.24) is 0 Å². The fraction of sp³-hybridized carbons (Fsp3) is 0. The predicted octanol–water partition coefficient (Wildman–Crippen LogP) is 9.17. The number of fused-ring (bicyclic) bond motifs is 1. The molecular formula is C34H26N2. The molecule has 0 aliphatic heterocycles. The Labute approximate surface area is 211 Å². The number of benzene rings is 6. The van der Waals surface area contributed by atoms with Gasteiger partial charge in [0.05, 0.1) is 5.69 Å². The van der Waals surface area contributed by atoms with E-state index in [-0.39, 0.29) is 0 Å². The summed E-state index contributed by atoms with van der Waals surface area (Å²) in [4.78, 5) is 0. The maximum atomic E-state index is 6.19. The van der Waals surface area contributed by atoms with E-state index >= 15 is 0 Å². The molecule has 0 aliphatic carbocycles. The van der Waals surface area contributed by atoms with Crippen LogP contribution in [0.3, 0.4) is 0 Å². The molecule has 0 fully saturated rings. The lowest BCUT2D eigenvalue weighted by atomic mass is 9.94. The van der Waals surface area contributed by atoms with Gasteiger partial charge in [-0.05, 0) is 57.5 Å². The van der Waals surface area contributed by atoms with Crippen molar-refractivity contribution in [3.8, 4) is 33.4 Å². The first-order valence-corrected chi connectivity index (χ1v) is 12.2. The van der Waals surface area contributed by atoms with Crippen LogP contribution in [-0.2, 0) is 0 Å². The third-order valence-electron chi connectivity index (χ3n) is 6.61. The highest BCUT2D eigenvalue weighted by Crippen LogP contribution is 2.38. The summed E-state index contributed by atoms with van der Waals surface area (Å²) < 4.78 is 0. The Balaban J connectivity index is 1.40. The molecule has 6 aromatic rings. The van der Waals surface area contributed by atoms with E-state index in [9.17, 15) is 0 Å². The minimum Gasteiger partial charge on any atom is -0.399 e. The summed E-state index contributed by atoms with van der Waals surface area (Å²) >= 11 is 0. The Morgan fingerprint density at radius 1 is 0.444 bits per heavy atom. The van der Waals surface area contributed by atoms with E-state index in [1.165, 1.54) is 33.0 Å². The number of anilines is 3. The second kappa shape index (κ2) is 9.44. The summed E-state index contributed by atoms with van der Waals surface area (Å²) in [6, 6.07) is 48.6. The molecule has 6 rings (SSSR count). The van der Waals surface area contributed by atoms with Gasteiger partial charge >= 0.3 is 0 Å². The molecule has 0 spiro atoms. The van der Waals surface area contributed by atoms with E-state index in [4.69, 9.17) is 5.73 Å².